The maximum Gasteiger partial charge on any atom is 1.00 e. The first-order valence-corrected chi connectivity index (χ1v) is 7.23. The van der Waals surface area contributed by atoms with E-state index in [2.05, 4.69) is 0 Å². The molecule has 2 aromatic carbocycles. The van der Waals surface area contributed by atoms with Gasteiger partial charge in [-0.1, -0.05) is 60.7 Å². The number of rotatable bonds is 5. The van der Waals surface area contributed by atoms with Crippen molar-refractivity contribution < 1.29 is 43.7 Å². The van der Waals surface area contributed by atoms with E-state index in [-0.39, 0.29) is 29.6 Å². The number of carbonyl (C=O) groups is 1. The second-order valence-electron chi connectivity index (χ2n) is 4.10. The van der Waals surface area contributed by atoms with Gasteiger partial charge in [0.1, 0.15) is 0 Å². The Morgan fingerprint density at radius 1 is 0.950 bits per heavy atom. The Bertz CT molecular complexity index is 533. The number of carbonyl (C=O) groups excluding carboxylic acids is 1. The number of carboxylic acid groups (broad SMARTS) is 1. The molecule has 0 N–H and O–H groups in total. The van der Waals surface area contributed by atoms with Crippen LogP contribution in [0.5, 0.6) is 0 Å². The molecule has 0 aliphatic rings. The van der Waals surface area contributed by atoms with Crippen molar-refractivity contribution >= 4 is 16.8 Å². The van der Waals surface area contributed by atoms with Gasteiger partial charge in [-0.05, 0) is 11.1 Å². The number of hydrogen-bond donors (Lipinski definition) is 0. The largest absolute Gasteiger partial charge is 1.00 e. The van der Waals surface area contributed by atoms with Gasteiger partial charge in [0.05, 0.1) is 17.0 Å². The minimum Gasteiger partial charge on any atom is -0.549 e. The standard InChI is InChI=1S/C15H14O3S.Na/c16-14(17)11-19(18)15(12-7-3-1-4-8-12)13-9-5-2-6-10-13;/h1-10,15H,11H2,(H,16,17);/q;+1/p-1. The quantitative estimate of drug-likeness (QED) is 0.617. The fourth-order valence-electron chi connectivity index (χ4n) is 1.95. The first kappa shape index (κ1) is 17.1. The van der Waals surface area contributed by atoms with Crippen LogP contribution in [0.15, 0.2) is 60.7 Å². The Balaban J connectivity index is 0.00000200. The van der Waals surface area contributed by atoms with Crippen LogP contribution < -0.4 is 34.7 Å². The zero-order chi connectivity index (χ0) is 13.7. The summed E-state index contributed by atoms with van der Waals surface area (Å²) in [5.41, 5.74) is 1.68. The molecular weight excluding hydrogens is 283 g/mol. The third-order valence-corrected chi connectivity index (χ3v) is 4.32. The van der Waals surface area contributed by atoms with Gasteiger partial charge in [0, 0.05) is 10.8 Å². The Kier molecular flexibility index (Phi) is 7.16. The summed E-state index contributed by atoms with van der Waals surface area (Å²) in [4.78, 5) is 10.7. The van der Waals surface area contributed by atoms with Gasteiger partial charge in [-0.3, -0.25) is 4.21 Å². The normalized spacial score (nSPS) is 11.7. The van der Waals surface area contributed by atoms with Crippen LogP contribution >= 0.6 is 0 Å². The summed E-state index contributed by atoms with van der Waals surface area (Å²) in [6.07, 6.45) is 0. The van der Waals surface area contributed by atoms with E-state index in [9.17, 15) is 14.1 Å². The van der Waals surface area contributed by atoms with Crippen LogP contribution in [0.25, 0.3) is 0 Å². The van der Waals surface area contributed by atoms with E-state index in [1.54, 1.807) is 0 Å². The van der Waals surface area contributed by atoms with E-state index < -0.39 is 27.8 Å². The molecule has 2 aromatic rings. The number of benzene rings is 2. The summed E-state index contributed by atoms with van der Waals surface area (Å²) >= 11 is 0. The minimum absolute atomic E-state index is 0. The number of aliphatic carboxylic acids is 1. The fourth-order valence-corrected chi connectivity index (χ4v) is 3.27. The van der Waals surface area contributed by atoms with E-state index in [1.807, 2.05) is 60.7 Å². The molecule has 5 heteroatoms. The molecule has 98 valence electrons. The zero-order valence-electron chi connectivity index (χ0n) is 11.2. The molecule has 3 nitrogen and oxygen atoms in total. The van der Waals surface area contributed by atoms with Crippen molar-refractivity contribution in [2.45, 2.75) is 5.25 Å². The SMILES string of the molecule is O=C([O-])CS(=O)C(c1ccccc1)c1ccccc1.[Na+]. The van der Waals surface area contributed by atoms with Gasteiger partial charge in [-0.15, -0.1) is 0 Å². The second-order valence-corrected chi connectivity index (χ2v) is 5.62. The maximum absolute atomic E-state index is 12.2. The van der Waals surface area contributed by atoms with Crippen molar-refractivity contribution in [2.75, 3.05) is 5.75 Å². The molecule has 0 saturated heterocycles. The van der Waals surface area contributed by atoms with E-state index in [0.29, 0.717) is 0 Å². The Morgan fingerprint density at radius 3 is 1.70 bits per heavy atom. The fraction of sp³-hybridized carbons (Fsp3) is 0.133. The van der Waals surface area contributed by atoms with Gasteiger partial charge in [0.25, 0.3) is 0 Å². The van der Waals surface area contributed by atoms with Crippen LogP contribution in [0.1, 0.15) is 16.4 Å². The molecule has 0 aliphatic heterocycles. The first-order valence-electron chi connectivity index (χ1n) is 5.85. The zero-order valence-corrected chi connectivity index (χ0v) is 14.0. The van der Waals surface area contributed by atoms with Crippen LogP contribution in [-0.4, -0.2) is 15.9 Å². The molecule has 0 radical (unpaired) electrons. The van der Waals surface area contributed by atoms with Crippen molar-refractivity contribution in [3.05, 3.63) is 71.8 Å². The topological polar surface area (TPSA) is 57.2 Å². The summed E-state index contributed by atoms with van der Waals surface area (Å²) in [7, 11) is -1.55. The van der Waals surface area contributed by atoms with Gasteiger partial charge in [-0.25, -0.2) is 0 Å². The van der Waals surface area contributed by atoms with Gasteiger partial charge < -0.3 is 9.90 Å². The third-order valence-electron chi connectivity index (χ3n) is 2.73. The molecule has 0 saturated carbocycles. The smallest absolute Gasteiger partial charge is 0.549 e. The summed E-state index contributed by atoms with van der Waals surface area (Å²) in [6.45, 7) is 0. The molecule has 0 amide bonds. The molecule has 1 unspecified atom stereocenters. The number of carboxylic acids is 1. The predicted octanol–water partition coefficient (Wildman–Crippen LogP) is -1.72. The average molecular weight is 296 g/mol. The van der Waals surface area contributed by atoms with E-state index >= 15 is 0 Å². The van der Waals surface area contributed by atoms with Crippen molar-refractivity contribution in [3.63, 3.8) is 0 Å². The summed E-state index contributed by atoms with van der Waals surface area (Å²) in [5, 5.41) is 10.2. The third kappa shape index (κ3) is 4.56. The van der Waals surface area contributed by atoms with Crippen molar-refractivity contribution in [2.24, 2.45) is 0 Å². The van der Waals surface area contributed by atoms with E-state index in [0.717, 1.165) is 11.1 Å². The van der Waals surface area contributed by atoms with Crippen molar-refractivity contribution in [1.29, 1.82) is 0 Å². The monoisotopic (exact) mass is 296 g/mol. The van der Waals surface area contributed by atoms with Gasteiger partial charge >= 0.3 is 29.6 Å². The Labute approximate surface area is 142 Å². The van der Waals surface area contributed by atoms with Crippen LogP contribution in [0.3, 0.4) is 0 Å². The molecule has 0 fully saturated rings. The van der Waals surface area contributed by atoms with Gasteiger partial charge in [-0.2, -0.15) is 0 Å². The predicted molar refractivity (Wildman–Crippen MR) is 72.7 cm³/mol. The van der Waals surface area contributed by atoms with E-state index in [4.69, 9.17) is 0 Å². The van der Waals surface area contributed by atoms with E-state index in [1.165, 1.54) is 0 Å². The summed E-state index contributed by atoms with van der Waals surface area (Å²) < 4.78 is 12.2. The maximum atomic E-state index is 12.2. The number of hydrogen-bond acceptors (Lipinski definition) is 3. The van der Waals surface area contributed by atoms with Crippen molar-refractivity contribution in [3.8, 4) is 0 Å². The van der Waals surface area contributed by atoms with Crippen LogP contribution in [0, 0.1) is 0 Å². The molecule has 0 spiro atoms. The second kappa shape index (κ2) is 8.37. The molecular formula is C15H13NaO3S. The Morgan fingerprint density at radius 2 is 1.35 bits per heavy atom. The molecule has 20 heavy (non-hydrogen) atoms. The molecule has 0 heterocycles. The molecule has 1 atom stereocenters. The summed E-state index contributed by atoms with van der Waals surface area (Å²) in [5.74, 6) is -1.76. The first-order chi connectivity index (χ1) is 9.18. The molecule has 0 aliphatic carbocycles. The average Bonchev–Trinajstić information content (AvgIpc) is 2.40. The van der Waals surface area contributed by atoms with Gasteiger partial charge in [0.2, 0.25) is 0 Å². The van der Waals surface area contributed by atoms with Gasteiger partial charge in [0.15, 0.2) is 0 Å². The molecule has 0 bridgehead atoms. The minimum atomic E-state index is -1.55. The van der Waals surface area contributed by atoms with Crippen LogP contribution in [0.2, 0.25) is 0 Å². The van der Waals surface area contributed by atoms with Crippen LogP contribution in [-0.2, 0) is 15.6 Å². The van der Waals surface area contributed by atoms with Crippen molar-refractivity contribution in [1.82, 2.24) is 0 Å². The molecule has 0 aromatic heterocycles. The summed E-state index contributed by atoms with van der Waals surface area (Å²) in [6, 6.07) is 18.5. The van der Waals surface area contributed by atoms with Crippen LogP contribution in [0.4, 0.5) is 0 Å². The molecule has 2 rings (SSSR count). The Hall–Kier alpha value is -0.940.